The Bertz CT molecular complexity index is 884. The number of halogens is 2. The summed E-state index contributed by atoms with van der Waals surface area (Å²) in [6, 6.07) is 12.1. The van der Waals surface area contributed by atoms with Crippen LogP contribution in [0.25, 0.3) is 0 Å². The first-order chi connectivity index (χ1) is 13.0. The molecule has 0 aromatic heterocycles. The van der Waals surface area contributed by atoms with Crippen LogP contribution in [0.3, 0.4) is 0 Å². The van der Waals surface area contributed by atoms with E-state index < -0.39 is 5.92 Å². The van der Waals surface area contributed by atoms with Gasteiger partial charge in [0.05, 0.1) is 24.3 Å². The molecule has 1 fully saturated rings. The third-order valence-electron chi connectivity index (χ3n) is 4.22. The number of anilines is 1. The highest BCUT2D eigenvalue weighted by Gasteiger charge is 2.35. The number of nitrogens with zero attached hydrogens (tertiary/aromatic N) is 2. The van der Waals surface area contributed by atoms with Gasteiger partial charge in [0.1, 0.15) is 5.75 Å². The lowest BCUT2D eigenvalue weighted by atomic mass is 10.1. The van der Waals surface area contributed by atoms with E-state index in [-0.39, 0.29) is 18.2 Å². The molecular weight excluding hydrogens is 389 g/mol. The molecule has 1 aliphatic rings. The minimum atomic E-state index is -0.475. The minimum Gasteiger partial charge on any atom is -0.497 e. The van der Waals surface area contributed by atoms with Crippen molar-refractivity contribution >= 4 is 46.9 Å². The van der Waals surface area contributed by atoms with E-state index in [9.17, 15) is 9.59 Å². The van der Waals surface area contributed by atoms with Crippen LogP contribution in [0.1, 0.15) is 12.0 Å². The fourth-order valence-corrected chi connectivity index (χ4v) is 3.22. The van der Waals surface area contributed by atoms with Crippen LogP contribution < -0.4 is 15.1 Å². The Morgan fingerprint density at radius 3 is 2.67 bits per heavy atom. The van der Waals surface area contributed by atoms with Gasteiger partial charge in [0.25, 0.3) is 0 Å². The van der Waals surface area contributed by atoms with Gasteiger partial charge in [-0.1, -0.05) is 29.3 Å². The van der Waals surface area contributed by atoms with Crippen LogP contribution in [0.4, 0.5) is 5.69 Å². The molecule has 0 aliphatic carbocycles. The third-order valence-corrected chi connectivity index (χ3v) is 4.78. The fraction of sp³-hybridized carbons (Fsp3) is 0.211. The maximum atomic E-state index is 12.3. The maximum Gasteiger partial charge on any atom is 0.245 e. The van der Waals surface area contributed by atoms with Crippen LogP contribution in [0, 0.1) is 5.92 Å². The van der Waals surface area contributed by atoms with Crippen molar-refractivity contribution in [1.29, 1.82) is 0 Å². The second kappa shape index (κ2) is 8.41. The molecule has 8 heteroatoms. The van der Waals surface area contributed by atoms with E-state index in [2.05, 4.69) is 10.5 Å². The standard InChI is InChI=1S/C19H17Cl2N3O3/c1-27-16-6-4-15(5-7-16)24-11-13(8-18(24)25)19(26)23-22-10-12-2-3-14(20)9-17(12)21/h2-7,9-10,13H,8,11H2,1H3,(H,23,26)/b22-10-/t13-/m0/s1. The summed E-state index contributed by atoms with van der Waals surface area (Å²) >= 11 is 11.9. The molecule has 6 nitrogen and oxygen atoms in total. The second-order valence-electron chi connectivity index (χ2n) is 6.00. The second-order valence-corrected chi connectivity index (χ2v) is 6.85. The Labute approximate surface area is 166 Å². The average Bonchev–Trinajstić information content (AvgIpc) is 3.05. The number of carbonyl (C=O) groups is 2. The predicted octanol–water partition coefficient (Wildman–Crippen LogP) is 3.51. The number of nitrogens with one attached hydrogen (secondary N) is 1. The van der Waals surface area contributed by atoms with Crippen molar-refractivity contribution in [2.45, 2.75) is 6.42 Å². The van der Waals surface area contributed by atoms with Gasteiger partial charge in [-0.05, 0) is 36.4 Å². The zero-order valence-corrected chi connectivity index (χ0v) is 16.0. The predicted molar refractivity (Wildman–Crippen MR) is 106 cm³/mol. The van der Waals surface area contributed by atoms with E-state index in [1.165, 1.54) is 6.21 Å². The lowest BCUT2D eigenvalue weighted by Gasteiger charge is -2.16. The summed E-state index contributed by atoms with van der Waals surface area (Å²) in [4.78, 5) is 26.2. The highest BCUT2D eigenvalue weighted by atomic mass is 35.5. The van der Waals surface area contributed by atoms with Crippen LogP contribution in [-0.2, 0) is 9.59 Å². The lowest BCUT2D eigenvalue weighted by molar-refractivity contribution is -0.126. The van der Waals surface area contributed by atoms with Crippen molar-refractivity contribution in [2.24, 2.45) is 11.0 Å². The SMILES string of the molecule is COc1ccc(N2C[C@@H](C(=O)N/N=C\c3ccc(Cl)cc3Cl)CC2=O)cc1. The lowest BCUT2D eigenvalue weighted by Crippen LogP contribution is -2.30. The summed E-state index contributed by atoms with van der Waals surface area (Å²) in [6.07, 6.45) is 1.57. The van der Waals surface area contributed by atoms with Gasteiger partial charge in [-0.3, -0.25) is 9.59 Å². The summed E-state index contributed by atoms with van der Waals surface area (Å²) in [5, 5.41) is 4.87. The number of hydrazone groups is 1. The summed E-state index contributed by atoms with van der Waals surface area (Å²) in [5.41, 5.74) is 3.82. The van der Waals surface area contributed by atoms with Crippen molar-refractivity contribution in [3.8, 4) is 5.75 Å². The van der Waals surface area contributed by atoms with E-state index in [1.54, 1.807) is 54.5 Å². The number of benzene rings is 2. The summed E-state index contributed by atoms with van der Waals surface area (Å²) in [7, 11) is 1.58. The summed E-state index contributed by atoms with van der Waals surface area (Å²) < 4.78 is 5.11. The van der Waals surface area contributed by atoms with Crippen molar-refractivity contribution in [2.75, 3.05) is 18.6 Å². The quantitative estimate of drug-likeness (QED) is 0.610. The van der Waals surface area contributed by atoms with Crippen LogP contribution in [0.2, 0.25) is 10.0 Å². The van der Waals surface area contributed by atoms with Crippen molar-refractivity contribution in [3.05, 3.63) is 58.1 Å². The number of rotatable bonds is 5. The molecule has 1 heterocycles. The Morgan fingerprint density at radius 2 is 2.00 bits per heavy atom. The molecule has 1 saturated heterocycles. The smallest absolute Gasteiger partial charge is 0.245 e. The van der Waals surface area contributed by atoms with Gasteiger partial charge >= 0.3 is 0 Å². The molecule has 1 N–H and O–H groups in total. The molecule has 2 aromatic rings. The van der Waals surface area contributed by atoms with E-state index in [0.717, 1.165) is 5.69 Å². The van der Waals surface area contributed by atoms with Crippen molar-refractivity contribution in [1.82, 2.24) is 5.43 Å². The van der Waals surface area contributed by atoms with Crippen molar-refractivity contribution in [3.63, 3.8) is 0 Å². The molecule has 1 aliphatic heterocycles. The number of amides is 2. The normalized spacial score (nSPS) is 16.8. The molecule has 0 bridgehead atoms. The topological polar surface area (TPSA) is 71.0 Å². The van der Waals surface area contributed by atoms with Crippen molar-refractivity contribution < 1.29 is 14.3 Å². The van der Waals surface area contributed by atoms with E-state index in [0.29, 0.717) is 27.9 Å². The van der Waals surface area contributed by atoms with Crippen LogP contribution in [0.5, 0.6) is 5.75 Å². The first kappa shape index (κ1) is 19.2. The largest absolute Gasteiger partial charge is 0.497 e. The van der Waals surface area contributed by atoms with Crippen LogP contribution in [-0.4, -0.2) is 31.7 Å². The maximum absolute atomic E-state index is 12.3. The molecule has 2 aromatic carbocycles. The van der Waals surface area contributed by atoms with Gasteiger partial charge in [0.15, 0.2) is 0 Å². The molecule has 1 atom stereocenters. The Kier molecular flexibility index (Phi) is 5.98. The monoisotopic (exact) mass is 405 g/mol. The minimum absolute atomic E-state index is 0.106. The molecular formula is C19H17Cl2N3O3. The number of methoxy groups -OCH3 is 1. The third kappa shape index (κ3) is 4.59. The fourth-order valence-electron chi connectivity index (χ4n) is 2.76. The Hall–Kier alpha value is -2.57. The molecule has 0 unspecified atom stereocenters. The Morgan fingerprint density at radius 1 is 1.26 bits per heavy atom. The van der Waals surface area contributed by atoms with Gasteiger partial charge in [-0.2, -0.15) is 5.10 Å². The van der Waals surface area contributed by atoms with Crippen LogP contribution >= 0.6 is 23.2 Å². The first-order valence-electron chi connectivity index (χ1n) is 8.20. The van der Waals surface area contributed by atoms with Gasteiger partial charge in [0, 0.05) is 29.2 Å². The summed E-state index contributed by atoms with van der Waals surface area (Å²) in [6.45, 7) is 0.300. The molecule has 3 rings (SSSR count). The highest BCUT2D eigenvalue weighted by molar-refractivity contribution is 6.36. The number of carbonyl (C=O) groups excluding carboxylic acids is 2. The molecule has 27 heavy (non-hydrogen) atoms. The zero-order chi connectivity index (χ0) is 19.4. The van der Waals surface area contributed by atoms with E-state index in [1.807, 2.05) is 0 Å². The van der Waals surface area contributed by atoms with E-state index in [4.69, 9.17) is 27.9 Å². The molecule has 0 radical (unpaired) electrons. The molecule has 2 amide bonds. The highest BCUT2D eigenvalue weighted by Crippen LogP contribution is 2.27. The van der Waals surface area contributed by atoms with E-state index >= 15 is 0 Å². The summed E-state index contributed by atoms with van der Waals surface area (Å²) in [5.74, 6) is -0.196. The van der Waals surface area contributed by atoms with Gasteiger partial charge < -0.3 is 9.64 Å². The van der Waals surface area contributed by atoms with Gasteiger partial charge in [-0.25, -0.2) is 5.43 Å². The number of ether oxygens (including phenoxy) is 1. The van der Waals surface area contributed by atoms with Gasteiger partial charge in [-0.15, -0.1) is 0 Å². The van der Waals surface area contributed by atoms with Crippen LogP contribution in [0.15, 0.2) is 47.6 Å². The zero-order valence-electron chi connectivity index (χ0n) is 14.5. The van der Waals surface area contributed by atoms with Gasteiger partial charge in [0.2, 0.25) is 11.8 Å². The molecule has 0 saturated carbocycles. The first-order valence-corrected chi connectivity index (χ1v) is 8.96. The molecule has 0 spiro atoms. The number of hydrogen-bond donors (Lipinski definition) is 1. The number of hydrogen-bond acceptors (Lipinski definition) is 4. The Balaban J connectivity index is 1.60. The average molecular weight is 406 g/mol. The molecule has 140 valence electrons.